The highest BCUT2D eigenvalue weighted by molar-refractivity contribution is 5.74. The van der Waals surface area contributed by atoms with Gasteiger partial charge in [0.15, 0.2) is 0 Å². The number of rotatable bonds is 7. The molecule has 0 aliphatic rings. The number of aliphatic carboxylic acids is 1. The molecule has 0 saturated heterocycles. The number of furan rings is 1. The summed E-state index contributed by atoms with van der Waals surface area (Å²) in [7, 11) is 1.40. The third-order valence-corrected chi connectivity index (χ3v) is 2.54. The van der Waals surface area contributed by atoms with Gasteiger partial charge < -0.3 is 24.9 Å². The number of ether oxygens (including phenoxy) is 1. The van der Waals surface area contributed by atoms with Crippen LogP contribution in [0.1, 0.15) is 25.1 Å². The van der Waals surface area contributed by atoms with Crippen LogP contribution in [0.5, 0.6) is 0 Å². The van der Waals surface area contributed by atoms with Gasteiger partial charge in [0.1, 0.15) is 5.76 Å². The average molecular weight is 270 g/mol. The molecule has 19 heavy (non-hydrogen) atoms. The van der Waals surface area contributed by atoms with Crippen LogP contribution in [-0.2, 0) is 9.53 Å². The van der Waals surface area contributed by atoms with Gasteiger partial charge in [-0.3, -0.25) is 4.79 Å². The van der Waals surface area contributed by atoms with Crippen LogP contribution in [0.4, 0.5) is 4.79 Å². The zero-order valence-electron chi connectivity index (χ0n) is 10.9. The Balaban J connectivity index is 2.32. The molecule has 7 heteroatoms. The van der Waals surface area contributed by atoms with Crippen molar-refractivity contribution in [2.75, 3.05) is 13.7 Å². The van der Waals surface area contributed by atoms with E-state index in [1.165, 1.54) is 13.4 Å². The van der Waals surface area contributed by atoms with Crippen molar-refractivity contribution in [2.45, 2.75) is 25.5 Å². The fraction of sp³-hybridized carbons (Fsp3) is 0.500. The van der Waals surface area contributed by atoms with Crippen molar-refractivity contribution in [1.29, 1.82) is 0 Å². The number of hydrogen-bond acceptors (Lipinski definition) is 4. The van der Waals surface area contributed by atoms with Gasteiger partial charge in [0, 0.05) is 13.7 Å². The first-order valence-corrected chi connectivity index (χ1v) is 5.85. The Morgan fingerprint density at radius 2 is 2.26 bits per heavy atom. The highest BCUT2D eigenvalue weighted by Crippen LogP contribution is 2.11. The predicted octanol–water partition coefficient (Wildman–Crippen LogP) is 1.13. The highest BCUT2D eigenvalue weighted by atomic mass is 16.5. The Kier molecular flexibility index (Phi) is 5.87. The molecule has 2 atom stereocenters. The summed E-state index contributed by atoms with van der Waals surface area (Å²) < 4.78 is 10.1. The van der Waals surface area contributed by atoms with E-state index in [9.17, 15) is 9.59 Å². The van der Waals surface area contributed by atoms with E-state index in [2.05, 4.69) is 10.6 Å². The van der Waals surface area contributed by atoms with E-state index in [1.807, 2.05) is 0 Å². The lowest BCUT2D eigenvalue weighted by atomic mass is 10.2. The van der Waals surface area contributed by atoms with E-state index < -0.39 is 18.1 Å². The van der Waals surface area contributed by atoms with Crippen LogP contribution >= 0.6 is 0 Å². The van der Waals surface area contributed by atoms with E-state index in [4.69, 9.17) is 14.3 Å². The van der Waals surface area contributed by atoms with E-state index in [0.29, 0.717) is 5.76 Å². The number of urea groups is 1. The number of carboxylic acid groups (broad SMARTS) is 1. The molecular formula is C12H18N2O5. The van der Waals surface area contributed by atoms with Crippen molar-refractivity contribution in [3.05, 3.63) is 24.2 Å². The van der Waals surface area contributed by atoms with Gasteiger partial charge in [-0.25, -0.2) is 4.79 Å². The summed E-state index contributed by atoms with van der Waals surface area (Å²) in [6.07, 6.45) is 0.811. The summed E-state index contributed by atoms with van der Waals surface area (Å²) in [6.45, 7) is 1.91. The second-order valence-electron chi connectivity index (χ2n) is 4.05. The maximum Gasteiger partial charge on any atom is 0.315 e. The molecule has 0 aromatic carbocycles. The van der Waals surface area contributed by atoms with Gasteiger partial charge >= 0.3 is 12.0 Å². The molecule has 2 unspecified atom stereocenters. The summed E-state index contributed by atoms with van der Waals surface area (Å²) in [5.41, 5.74) is 0. The molecule has 0 saturated carbocycles. The van der Waals surface area contributed by atoms with Crippen LogP contribution in [0.25, 0.3) is 0 Å². The van der Waals surface area contributed by atoms with E-state index in [-0.39, 0.29) is 19.0 Å². The number of nitrogens with one attached hydrogen (secondary N) is 2. The Hall–Kier alpha value is -2.02. The van der Waals surface area contributed by atoms with Gasteiger partial charge in [-0.2, -0.15) is 0 Å². The van der Waals surface area contributed by atoms with Crippen molar-refractivity contribution in [2.24, 2.45) is 0 Å². The van der Waals surface area contributed by atoms with Crippen LogP contribution in [0.15, 0.2) is 22.8 Å². The standard InChI is InChI=1S/C12H18N2O5/c1-8(10-4-3-5-19-10)14-12(17)13-7-9(18-2)6-11(15)16/h3-5,8-9H,6-7H2,1-2H3,(H,15,16)(H2,13,14,17). The maximum absolute atomic E-state index is 11.6. The SMILES string of the molecule is COC(CNC(=O)NC(C)c1ccco1)CC(=O)O. The normalized spacial score (nSPS) is 13.6. The largest absolute Gasteiger partial charge is 0.481 e. The number of amides is 2. The van der Waals surface area contributed by atoms with Crippen molar-refractivity contribution >= 4 is 12.0 Å². The van der Waals surface area contributed by atoms with Crippen LogP contribution < -0.4 is 10.6 Å². The van der Waals surface area contributed by atoms with Crippen molar-refractivity contribution in [3.8, 4) is 0 Å². The quantitative estimate of drug-likeness (QED) is 0.689. The van der Waals surface area contributed by atoms with Gasteiger partial charge in [0.2, 0.25) is 0 Å². The third kappa shape index (κ3) is 5.43. The Labute approximate surface area is 110 Å². The van der Waals surface area contributed by atoms with Gasteiger partial charge in [-0.1, -0.05) is 0 Å². The van der Waals surface area contributed by atoms with Crippen molar-refractivity contribution < 1.29 is 23.8 Å². The van der Waals surface area contributed by atoms with Crippen molar-refractivity contribution in [1.82, 2.24) is 10.6 Å². The van der Waals surface area contributed by atoms with E-state index in [1.54, 1.807) is 19.1 Å². The number of hydrogen-bond donors (Lipinski definition) is 3. The average Bonchev–Trinajstić information content (AvgIpc) is 2.87. The maximum atomic E-state index is 11.6. The molecule has 1 rings (SSSR count). The van der Waals surface area contributed by atoms with Crippen molar-refractivity contribution in [3.63, 3.8) is 0 Å². The lowest BCUT2D eigenvalue weighted by Gasteiger charge is -2.16. The predicted molar refractivity (Wildman–Crippen MR) is 66.7 cm³/mol. The summed E-state index contributed by atoms with van der Waals surface area (Å²) in [5.74, 6) is -0.331. The second kappa shape index (κ2) is 7.42. The Morgan fingerprint density at radius 1 is 1.53 bits per heavy atom. The van der Waals surface area contributed by atoms with Gasteiger partial charge in [0.25, 0.3) is 0 Å². The smallest absolute Gasteiger partial charge is 0.315 e. The first kappa shape index (κ1) is 15.0. The molecule has 1 heterocycles. The lowest BCUT2D eigenvalue weighted by molar-refractivity contribution is -0.139. The molecule has 0 fully saturated rings. The van der Waals surface area contributed by atoms with Crippen LogP contribution in [-0.4, -0.2) is 36.9 Å². The molecule has 0 aliphatic carbocycles. The summed E-state index contributed by atoms with van der Waals surface area (Å²) in [4.78, 5) is 22.1. The van der Waals surface area contributed by atoms with Crippen LogP contribution in [0.3, 0.4) is 0 Å². The van der Waals surface area contributed by atoms with E-state index in [0.717, 1.165) is 0 Å². The fourth-order valence-corrected chi connectivity index (χ4v) is 1.50. The fourth-order valence-electron chi connectivity index (χ4n) is 1.50. The molecular weight excluding hydrogens is 252 g/mol. The lowest BCUT2D eigenvalue weighted by Crippen LogP contribution is -2.41. The van der Waals surface area contributed by atoms with Gasteiger partial charge in [0.05, 0.1) is 24.8 Å². The molecule has 3 N–H and O–H groups in total. The zero-order chi connectivity index (χ0) is 14.3. The third-order valence-electron chi connectivity index (χ3n) is 2.54. The minimum atomic E-state index is -0.974. The number of carbonyl (C=O) groups is 2. The van der Waals surface area contributed by atoms with E-state index >= 15 is 0 Å². The summed E-state index contributed by atoms with van der Waals surface area (Å²) in [6, 6.07) is 2.82. The monoisotopic (exact) mass is 270 g/mol. The number of methoxy groups -OCH3 is 1. The number of carboxylic acids is 1. The summed E-state index contributed by atoms with van der Waals surface area (Å²) in [5, 5.41) is 13.9. The highest BCUT2D eigenvalue weighted by Gasteiger charge is 2.15. The topological polar surface area (TPSA) is 101 Å². The molecule has 106 valence electrons. The minimum absolute atomic E-state index is 0.125. The summed E-state index contributed by atoms with van der Waals surface area (Å²) >= 11 is 0. The molecule has 1 aromatic rings. The molecule has 1 aromatic heterocycles. The zero-order valence-corrected chi connectivity index (χ0v) is 10.9. The minimum Gasteiger partial charge on any atom is -0.481 e. The molecule has 7 nitrogen and oxygen atoms in total. The molecule has 0 bridgehead atoms. The van der Waals surface area contributed by atoms with Crippen LogP contribution in [0, 0.1) is 0 Å². The van der Waals surface area contributed by atoms with Gasteiger partial charge in [-0.05, 0) is 19.1 Å². The molecule has 2 amide bonds. The molecule has 0 aliphatic heterocycles. The molecule has 0 spiro atoms. The molecule has 0 radical (unpaired) electrons. The van der Waals surface area contributed by atoms with Gasteiger partial charge in [-0.15, -0.1) is 0 Å². The first-order chi connectivity index (χ1) is 9.02. The Bertz CT molecular complexity index is 404. The Morgan fingerprint density at radius 3 is 2.79 bits per heavy atom. The van der Waals surface area contributed by atoms with Crippen LogP contribution in [0.2, 0.25) is 0 Å². The number of carbonyl (C=O) groups excluding carboxylic acids is 1. The first-order valence-electron chi connectivity index (χ1n) is 5.85. The second-order valence-corrected chi connectivity index (χ2v) is 4.05.